The molecule has 8 nitrogen and oxygen atoms in total. The predicted molar refractivity (Wildman–Crippen MR) is 173 cm³/mol. The first-order valence-corrected chi connectivity index (χ1v) is 14.6. The molecule has 2 aromatic heterocycles. The quantitative estimate of drug-likeness (QED) is 0.122. The van der Waals surface area contributed by atoms with Crippen LogP contribution < -0.4 is 20.3 Å². The Morgan fingerprint density at radius 3 is 2.45 bits per heavy atom. The molecule has 222 valence electrons. The van der Waals surface area contributed by atoms with E-state index in [0.29, 0.717) is 9.41 Å². The molecule has 0 atom stereocenters. The highest BCUT2D eigenvalue weighted by Crippen LogP contribution is 2.37. The first kappa shape index (κ1) is 30.8. The summed E-state index contributed by atoms with van der Waals surface area (Å²) >= 11 is 8.56. The summed E-state index contributed by atoms with van der Waals surface area (Å²) in [7, 11) is 0. The van der Waals surface area contributed by atoms with Crippen LogP contribution in [0.4, 0.5) is 20.3 Å². The number of amides is 1. The van der Waals surface area contributed by atoms with Gasteiger partial charge >= 0.3 is 0 Å². The minimum atomic E-state index is -0.823. The van der Waals surface area contributed by atoms with Crippen molar-refractivity contribution in [2.75, 3.05) is 11.9 Å². The molecule has 0 fully saturated rings. The second kappa shape index (κ2) is 13.8. The van der Waals surface area contributed by atoms with Gasteiger partial charge in [0, 0.05) is 41.5 Å². The maximum absolute atomic E-state index is 15.2. The number of aliphatic imine (C=N–C) groups is 1. The third kappa shape index (κ3) is 6.95. The molecular formula is C32H22ClF2IN4O4. The number of carbonyl (C=O) groups is 1. The van der Waals surface area contributed by atoms with Gasteiger partial charge in [-0.2, -0.15) is 0 Å². The molecule has 0 unspecified atom stereocenters. The molecule has 12 heteroatoms. The number of hydrogen-bond donors (Lipinski definition) is 1. The van der Waals surface area contributed by atoms with Crippen molar-refractivity contribution >= 4 is 55.3 Å². The van der Waals surface area contributed by atoms with Crippen molar-refractivity contribution in [3.05, 3.63) is 135 Å². The highest BCUT2D eigenvalue weighted by atomic mass is 127. The van der Waals surface area contributed by atoms with Gasteiger partial charge in [-0.15, -0.1) is 0 Å². The Balaban J connectivity index is 1.38. The van der Waals surface area contributed by atoms with E-state index in [9.17, 15) is 14.0 Å². The van der Waals surface area contributed by atoms with Gasteiger partial charge in [0.15, 0.2) is 23.1 Å². The molecule has 3 aromatic carbocycles. The number of nitrogens with one attached hydrogen (secondary N) is 1. The summed E-state index contributed by atoms with van der Waals surface area (Å²) < 4.78 is 41.7. The van der Waals surface area contributed by atoms with Gasteiger partial charge in [-0.1, -0.05) is 41.9 Å². The van der Waals surface area contributed by atoms with E-state index in [1.54, 1.807) is 6.92 Å². The maximum Gasteiger partial charge on any atom is 0.271 e. The molecule has 0 aliphatic carbocycles. The Bertz CT molecular complexity index is 1920. The zero-order chi connectivity index (χ0) is 31.2. The van der Waals surface area contributed by atoms with Gasteiger partial charge in [0.05, 0.1) is 6.61 Å². The summed E-state index contributed by atoms with van der Waals surface area (Å²) in [6.45, 7) is 1.90. The summed E-state index contributed by atoms with van der Waals surface area (Å²) in [6.07, 6.45) is 2.86. The highest BCUT2D eigenvalue weighted by Gasteiger charge is 2.21. The van der Waals surface area contributed by atoms with Gasteiger partial charge in [-0.3, -0.25) is 14.2 Å². The SMILES string of the molecule is CCOc1ccn(-c2ccc(F)cc2)c(=O)c1C(=O)Nc1ccc(Oc2ccnc(N=C(I)c3ccccc3)c2Cl)c(F)c1. The lowest BCUT2D eigenvalue weighted by atomic mass is 10.2. The Labute approximate surface area is 269 Å². The van der Waals surface area contributed by atoms with Gasteiger partial charge in [0.2, 0.25) is 0 Å². The number of benzene rings is 3. The fraction of sp³-hybridized carbons (Fsp3) is 0.0625. The Morgan fingerprint density at radius 1 is 1.00 bits per heavy atom. The van der Waals surface area contributed by atoms with Gasteiger partial charge in [-0.05, 0) is 72.0 Å². The molecule has 0 bridgehead atoms. The number of nitrogens with zero attached hydrogens (tertiary/aromatic N) is 3. The molecule has 5 aromatic rings. The van der Waals surface area contributed by atoms with Gasteiger partial charge in [0.25, 0.3) is 11.5 Å². The summed E-state index contributed by atoms with van der Waals surface area (Å²) in [4.78, 5) is 35.3. The van der Waals surface area contributed by atoms with Gasteiger partial charge < -0.3 is 14.8 Å². The molecule has 0 saturated heterocycles. The van der Waals surface area contributed by atoms with Crippen LogP contribution in [0.1, 0.15) is 22.8 Å². The number of carbonyl (C=O) groups excluding carboxylic acids is 1. The number of aromatic nitrogens is 2. The third-order valence-electron chi connectivity index (χ3n) is 6.15. The number of anilines is 1. The van der Waals surface area contributed by atoms with Crippen molar-refractivity contribution < 1.29 is 23.0 Å². The minimum Gasteiger partial charge on any atom is -0.493 e. The lowest BCUT2D eigenvalue weighted by Gasteiger charge is -2.14. The van der Waals surface area contributed by atoms with Crippen LogP contribution in [0.3, 0.4) is 0 Å². The summed E-state index contributed by atoms with van der Waals surface area (Å²) in [6, 6.07) is 21.3. The van der Waals surface area contributed by atoms with Gasteiger partial charge in [0.1, 0.15) is 25.9 Å². The smallest absolute Gasteiger partial charge is 0.271 e. The molecule has 1 amide bonds. The number of halogens is 4. The fourth-order valence-corrected chi connectivity index (χ4v) is 4.87. The highest BCUT2D eigenvalue weighted by molar-refractivity contribution is 14.1. The van der Waals surface area contributed by atoms with E-state index in [1.807, 2.05) is 30.3 Å². The van der Waals surface area contributed by atoms with Gasteiger partial charge in [-0.25, -0.2) is 18.8 Å². The van der Waals surface area contributed by atoms with E-state index < -0.39 is 23.1 Å². The van der Waals surface area contributed by atoms with E-state index in [0.717, 1.165) is 11.6 Å². The fourth-order valence-electron chi connectivity index (χ4n) is 4.09. The predicted octanol–water partition coefficient (Wildman–Crippen LogP) is 8.12. The van der Waals surface area contributed by atoms with E-state index in [-0.39, 0.29) is 45.9 Å². The van der Waals surface area contributed by atoms with E-state index in [1.165, 1.54) is 65.5 Å². The second-order valence-electron chi connectivity index (χ2n) is 9.06. The molecule has 0 aliphatic rings. The normalized spacial score (nSPS) is 11.2. The van der Waals surface area contributed by atoms with Crippen molar-refractivity contribution in [1.29, 1.82) is 0 Å². The Kier molecular flexibility index (Phi) is 9.65. The molecule has 5 rings (SSSR count). The summed E-state index contributed by atoms with van der Waals surface area (Å²) in [5.41, 5.74) is 0.274. The molecule has 0 spiro atoms. The average molecular weight is 727 g/mol. The van der Waals surface area contributed by atoms with E-state index >= 15 is 4.39 Å². The third-order valence-corrected chi connectivity index (χ3v) is 7.37. The Morgan fingerprint density at radius 2 is 1.75 bits per heavy atom. The van der Waals surface area contributed by atoms with Crippen molar-refractivity contribution in [3.63, 3.8) is 0 Å². The van der Waals surface area contributed by atoms with E-state index in [2.05, 4.69) is 37.9 Å². The van der Waals surface area contributed by atoms with Crippen LogP contribution in [0.25, 0.3) is 5.69 Å². The molecule has 44 heavy (non-hydrogen) atoms. The first-order valence-electron chi connectivity index (χ1n) is 13.1. The monoisotopic (exact) mass is 726 g/mol. The zero-order valence-electron chi connectivity index (χ0n) is 22.9. The van der Waals surface area contributed by atoms with Crippen LogP contribution in [-0.2, 0) is 0 Å². The van der Waals surface area contributed by atoms with Crippen LogP contribution in [0.15, 0.2) is 107 Å². The van der Waals surface area contributed by atoms with Crippen LogP contribution >= 0.6 is 34.2 Å². The van der Waals surface area contributed by atoms with Crippen molar-refractivity contribution in [3.8, 4) is 22.9 Å². The summed E-state index contributed by atoms with van der Waals surface area (Å²) in [5, 5.41) is 2.62. The van der Waals surface area contributed by atoms with Crippen molar-refractivity contribution in [2.45, 2.75) is 6.92 Å². The van der Waals surface area contributed by atoms with Crippen LogP contribution in [-0.4, -0.2) is 25.8 Å². The molecule has 0 aliphatic heterocycles. The number of pyridine rings is 2. The van der Waals surface area contributed by atoms with Crippen LogP contribution in [0.5, 0.6) is 17.2 Å². The molecule has 2 heterocycles. The topological polar surface area (TPSA) is 94.8 Å². The van der Waals surface area contributed by atoms with Crippen molar-refractivity contribution in [2.24, 2.45) is 4.99 Å². The van der Waals surface area contributed by atoms with E-state index in [4.69, 9.17) is 21.1 Å². The van der Waals surface area contributed by atoms with Crippen LogP contribution in [0, 0.1) is 11.6 Å². The summed E-state index contributed by atoms with van der Waals surface area (Å²) in [5.74, 6) is -1.91. The average Bonchev–Trinajstić information content (AvgIpc) is 3.01. The first-order chi connectivity index (χ1) is 21.2. The zero-order valence-corrected chi connectivity index (χ0v) is 25.8. The molecule has 0 saturated carbocycles. The van der Waals surface area contributed by atoms with Crippen molar-refractivity contribution in [1.82, 2.24) is 9.55 Å². The minimum absolute atomic E-state index is 0.0431. The second-order valence-corrected chi connectivity index (χ2v) is 10.5. The molecular weight excluding hydrogens is 705 g/mol. The number of hydrogen-bond acceptors (Lipinski definition) is 6. The maximum atomic E-state index is 15.2. The van der Waals surface area contributed by atoms with Crippen LogP contribution in [0.2, 0.25) is 5.02 Å². The lowest BCUT2D eigenvalue weighted by molar-refractivity contribution is 0.102. The standard InChI is InChI=1S/C32H22ClF2IN4O4/c1-2-43-25-15-17-40(22-11-8-20(34)9-12-22)32(42)27(25)31(41)38-21-10-13-24(23(35)18-21)44-26-14-16-37-30(28(26)33)39-29(36)19-6-4-3-5-7-19/h3-18H,2H2,1H3,(H,38,41). The molecule has 1 N–H and O–H groups in total. The largest absolute Gasteiger partial charge is 0.493 e. The number of ether oxygens (including phenoxy) is 2. The Hall–Kier alpha value is -4.62. The lowest BCUT2D eigenvalue weighted by Crippen LogP contribution is -2.29. The molecule has 0 radical (unpaired) electrons. The number of rotatable bonds is 9.